The summed E-state index contributed by atoms with van der Waals surface area (Å²) in [6, 6.07) is 0.0647. The van der Waals surface area contributed by atoms with Gasteiger partial charge in [-0.2, -0.15) is 0 Å². The third-order valence-electron chi connectivity index (χ3n) is 3.71. The quantitative estimate of drug-likeness (QED) is 0.697. The Morgan fingerprint density at radius 3 is 2.29 bits per heavy atom. The summed E-state index contributed by atoms with van der Waals surface area (Å²) >= 11 is 0. The first kappa shape index (κ1) is 12.6. The SMILES string of the molecule is CC1CNCC(N2C(=O)CC(C)(C)CC2=O)C1. The van der Waals surface area contributed by atoms with Crippen LogP contribution in [0.3, 0.4) is 0 Å². The van der Waals surface area contributed by atoms with Crippen LogP contribution in [0.4, 0.5) is 0 Å². The van der Waals surface area contributed by atoms with E-state index in [1.165, 1.54) is 4.90 Å². The van der Waals surface area contributed by atoms with Crippen molar-refractivity contribution in [1.82, 2.24) is 10.2 Å². The van der Waals surface area contributed by atoms with E-state index in [1.54, 1.807) is 0 Å². The van der Waals surface area contributed by atoms with Crippen LogP contribution in [0.5, 0.6) is 0 Å². The molecule has 0 radical (unpaired) electrons. The molecule has 0 bridgehead atoms. The Kier molecular flexibility index (Phi) is 3.25. The highest BCUT2D eigenvalue weighted by molar-refractivity contribution is 5.98. The summed E-state index contributed by atoms with van der Waals surface area (Å²) in [6.45, 7) is 7.87. The molecule has 0 saturated carbocycles. The number of carbonyl (C=O) groups excluding carboxylic acids is 2. The van der Waals surface area contributed by atoms with E-state index in [0.29, 0.717) is 18.8 Å². The van der Waals surface area contributed by atoms with Gasteiger partial charge in [0.25, 0.3) is 0 Å². The predicted molar refractivity (Wildman–Crippen MR) is 65.3 cm³/mol. The predicted octanol–water partition coefficient (Wildman–Crippen LogP) is 1.16. The van der Waals surface area contributed by atoms with E-state index in [4.69, 9.17) is 0 Å². The van der Waals surface area contributed by atoms with Gasteiger partial charge in [-0.25, -0.2) is 0 Å². The number of likely N-dealkylation sites (tertiary alicyclic amines) is 1. The summed E-state index contributed by atoms with van der Waals surface area (Å²) in [4.78, 5) is 25.7. The van der Waals surface area contributed by atoms with Gasteiger partial charge >= 0.3 is 0 Å². The first-order chi connectivity index (χ1) is 7.89. The summed E-state index contributed by atoms with van der Waals surface area (Å²) in [5.74, 6) is 0.545. The molecule has 2 rings (SSSR count). The van der Waals surface area contributed by atoms with Gasteiger partial charge in [-0.3, -0.25) is 14.5 Å². The van der Waals surface area contributed by atoms with Crippen LogP contribution in [0.15, 0.2) is 0 Å². The molecule has 96 valence electrons. The van der Waals surface area contributed by atoms with Gasteiger partial charge in [-0.15, -0.1) is 0 Å². The van der Waals surface area contributed by atoms with E-state index >= 15 is 0 Å². The average molecular weight is 238 g/mol. The van der Waals surface area contributed by atoms with Crippen molar-refractivity contribution in [3.05, 3.63) is 0 Å². The Labute approximate surface area is 103 Å². The second-order valence-electron chi connectivity index (χ2n) is 6.33. The Balaban J connectivity index is 2.10. The molecule has 0 aromatic rings. The number of piperidine rings is 2. The van der Waals surface area contributed by atoms with Gasteiger partial charge in [0.2, 0.25) is 11.8 Å². The first-order valence-electron chi connectivity index (χ1n) is 6.45. The second kappa shape index (κ2) is 4.41. The van der Waals surface area contributed by atoms with Gasteiger partial charge < -0.3 is 5.32 Å². The molecule has 2 atom stereocenters. The number of nitrogens with zero attached hydrogens (tertiary/aromatic N) is 1. The molecular weight excluding hydrogens is 216 g/mol. The molecule has 2 fully saturated rings. The van der Waals surface area contributed by atoms with E-state index < -0.39 is 0 Å². The van der Waals surface area contributed by atoms with Crippen LogP contribution < -0.4 is 5.32 Å². The van der Waals surface area contributed by atoms with E-state index in [0.717, 1.165) is 19.5 Å². The minimum absolute atomic E-state index is 0.00662. The van der Waals surface area contributed by atoms with E-state index in [-0.39, 0.29) is 23.3 Å². The van der Waals surface area contributed by atoms with Crippen LogP contribution in [0, 0.1) is 11.3 Å². The Morgan fingerprint density at radius 2 is 1.76 bits per heavy atom. The standard InChI is InChI=1S/C13H22N2O2/c1-9-4-10(8-14-7-9)15-11(16)5-13(2,3)6-12(15)17/h9-10,14H,4-8H2,1-3H3. The molecule has 4 heteroatoms. The van der Waals surface area contributed by atoms with Gasteiger partial charge in [0.05, 0.1) is 6.04 Å². The zero-order valence-corrected chi connectivity index (χ0v) is 11.0. The summed E-state index contributed by atoms with van der Waals surface area (Å²) in [5, 5.41) is 3.30. The number of rotatable bonds is 1. The Hall–Kier alpha value is -0.900. The van der Waals surface area contributed by atoms with Crippen molar-refractivity contribution >= 4 is 11.8 Å². The number of amides is 2. The van der Waals surface area contributed by atoms with Crippen molar-refractivity contribution in [2.24, 2.45) is 11.3 Å². The van der Waals surface area contributed by atoms with Crippen LogP contribution in [-0.4, -0.2) is 35.8 Å². The van der Waals surface area contributed by atoms with Crippen molar-refractivity contribution in [2.75, 3.05) is 13.1 Å². The molecule has 2 amide bonds. The molecule has 2 aliphatic rings. The highest BCUT2D eigenvalue weighted by Crippen LogP contribution is 2.33. The largest absolute Gasteiger partial charge is 0.314 e. The van der Waals surface area contributed by atoms with Crippen LogP contribution >= 0.6 is 0 Å². The van der Waals surface area contributed by atoms with Crippen LogP contribution in [0.1, 0.15) is 40.0 Å². The lowest BCUT2D eigenvalue weighted by atomic mass is 9.80. The summed E-state index contributed by atoms with van der Waals surface area (Å²) in [7, 11) is 0. The van der Waals surface area contributed by atoms with Gasteiger partial charge in [0.15, 0.2) is 0 Å². The minimum Gasteiger partial charge on any atom is -0.314 e. The molecule has 4 nitrogen and oxygen atoms in total. The molecule has 2 aliphatic heterocycles. The van der Waals surface area contributed by atoms with Gasteiger partial charge in [0, 0.05) is 19.4 Å². The summed E-state index contributed by atoms with van der Waals surface area (Å²) in [5.41, 5.74) is -0.168. The highest BCUT2D eigenvalue weighted by atomic mass is 16.2. The van der Waals surface area contributed by atoms with Crippen molar-refractivity contribution in [1.29, 1.82) is 0 Å². The van der Waals surface area contributed by atoms with Crippen molar-refractivity contribution < 1.29 is 9.59 Å². The van der Waals surface area contributed by atoms with Crippen LogP contribution in [-0.2, 0) is 9.59 Å². The third-order valence-corrected chi connectivity index (χ3v) is 3.71. The summed E-state index contributed by atoms with van der Waals surface area (Å²) in [6.07, 6.45) is 1.91. The number of hydrogen-bond donors (Lipinski definition) is 1. The lowest BCUT2D eigenvalue weighted by Gasteiger charge is -2.41. The molecule has 0 spiro atoms. The molecule has 1 N–H and O–H groups in total. The average Bonchev–Trinajstić information content (AvgIpc) is 2.13. The normalized spacial score (nSPS) is 33.9. The fourth-order valence-electron chi connectivity index (χ4n) is 2.92. The zero-order chi connectivity index (χ0) is 12.6. The summed E-state index contributed by atoms with van der Waals surface area (Å²) < 4.78 is 0. The van der Waals surface area contributed by atoms with Crippen LogP contribution in [0.2, 0.25) is 0 Å². The maximum Gasteiger partial charge on any atom is 0.230 e. The molecule has 2 unspecified atom stereocenters. The first-order valence-corrected chi connectivity index (χ1v) is 6.45. The highest BCUT2D eigenvalue weighted by Gasteiger charge is 2.41. The third kappa shape index (κ3) is 2.68. The van der Waals surface area contributed by atoms with E-state index in [9.17, 15) is 9.59 Å². The van der Waals surface area contributed by atoms with Gasteiger partial charge in [0.1, 0.15) is 0 Å². The topological polar surface area (TPSA) is 49.4 Å². The molecule has 17 heavy (non-hydrogen) atoms. The lowest BCUT2D eigenvalue weighted by Crippen LogP contribution is -2.56. The fraction of sp³-hybridized carbons (Fsp3) is 0.846. The molecule has 0 aliphatic carbocycles. The van der Waals surface area contributed by atoms with Crippen molar-refractivity contribution in [2.45, 2.75) is 46.1 Å². The molecule has 0 aromatic carbocycles. The smallest absolute Gasteiger partial charge is 0.230 e. The second-order valence-corrected chi connectivity index (χ2v) is 6.33. The molecule has 2 heterocycles. The van der Waals surface area contributed by atoms with Crippen LogP contribution in [0.25, 0.3) is 0 Å². The Morgan fingerprint density at radius 1 is 1.18 bits per heavy atom. The number of nitrogens with one attached hydrogen (secondary N) is 1. The van der Waals surface area contributed by atoms with Crippen molar-refractivity contribution in [3.8, 4) is 0 Å². The number of carbonyl (C=O) groups is 2. The number of imide groups is 1. The van der Waals surface area contributed by atoms with E-state index in [2.05, 4.69) is 12.2 Å². The zero-order valence-electron chi connectivity index (χ0n) is 11.0. The lowest BCUT2D eigenvalue weighted by molar-refractivity contribution is -0.156. The number of hydrogen-bond acceptors (Lipinski definition) is 3. The maximum absolute atomic E-state index is 12.1. The van der Waals surface area contributed by atoms with Gasteiger partial charge in [-0.1, -0.05) is 20.8 Å². The molecular formula is C13H22N2O2. The maximum atomic E-state index is 12.1. The van der Waals surface area contributed by atoms with E-state index in [1.807, 2.05) is 13.8 Å². The fourth-order valence-corrected chi connectivity index (χ4v) is 2.92. The Bertz CT molecular complexity index is 318. The molecule has 2 saturated heterocycles. The minimum atomic E-state index is -0.168. The van der Waals surface area contributed by atoms with Gasteiger partial charge in [-0.05, 0) is 24.3 Å². The van der Waals surface area contributed by atoms with Crippen molar-refractivity contribution in [3.63, 3.8) is 0 Å². The monoisotopic (exact) mass is 238 g/mol. The molecule has 0 aromatic heterocycles.